The van der Waals surface area contributed by atoms with Gasteiger partial charge in [-0.05, 0) is 67.6 Å². The Hall–Kier alpha value is -2.55. The molecule has 1 saturated heterocycles. The zero-order valence-corrected chi connectivity index (χ0v) is 18.9. The summed E-state index contributed by atoms with van der Waals surface area (Å²) in [5.41, 5.74) is 2.45. The van der Waals surface area contributed by atoms with Crippen molar-refractivity contribution in [1.29, 1.82) is 5.26 Å². The highest BCUT2D eigenvalue weighted by Crippen LogP contribution is 2.28. The lowest BCUT2D eigenvalue weighted by Gasteiger charge is -2.39. The van der Waals surface area contributed by atoms with Crippen molar-refractivity contribution < 1.29 is 9.84 Å². The van der Waals surface area contributed by atoms with Gasteiger partial charge in [0.15, 0.2) is 0 Å². The summed E-state index contributed by atoms with van der Waals surface area (Å²) in [6.45, 7) is 6.40. The van der Waals surface area contributed by atoms with Crippen LogP contribution in [0.4, 0.5) is 5.69 Å². The average Bonchev–Trinajstić information content (AvgIpc) is 2.80. The minimum Gasteiger partial charge on any atom is -0.494 e. The molecule has 0 unspecified atom stereocenters. The molecule has 2 aromatic rings. The Morgan fingerprint density at radius 3 is 2.39 bits per heavy atom. The summed E-state index contributed by atoms with van der Waals surface area (Å²) >= 11 is 0. The molecule has 3 rings (SSSR count). The van der Waals surface area contributed by atoms with E-state index in [9.17, 15) is 5.11 Å². The van der Waals surface area contributed by atoms with E-state index in [0.29, 0.717) is 5.56 Å². The first-order valence-corrected chi connectivity index (χ1v) is 11.4. The van der Waals surface area contributed by atoms with Crippen LogP contribution in [0.15, 0.2) is 48.5 Å². The molecule has 0 aromatic heterocycles. The molecule has 166 valence electrons. The van der Waals surface area contributed by atoms with E-state index in [0.717, 1.165) is 76.3 Å². The Labute approximate surface area is 186 Å². The van der Waals surface area contributed by atoms with Crippen LogP contribution in [0.25, 0.3) is 0 Å². The van der Waals surface area contributed by atoms with E-state index in [4.69, 9.17) is 10.00 Å². The maximum Gasteiger partial charge on any atom is 0.119 e. The predicted molar refractivity (Wildman–Crippen MR) is 125 cm³/mol. The van der Waals surface area contributed by atoms with Crippen LogP contribution < -0.4 is 9.64 Å². The SMILES string of the molecule is CCCCOc1ccc(N(C)CCC2(O)CCN(Cc3ccc(C#N)cc3)CC2)cc1. The summed E-state index contributed by atoms with van der Waals surface area (Å²) in [5, 5.41) is 20.0. The number of rotatable bonds is 10. The molecule has 1 N–H and O–H groups in total. The normalized spacial score (nSPS) is 15.9. The van der Waals surface area contributed by atoms with Crippen molar-refractivity contribution in [3.63, 3.8) is 0 Å². The molecule has 31 heavy (non-hydrogen) atoms. The van der Waals surface area contributed by atoms with Gasteiger partial charge in [0.05, 0.1) is 23.8 Å². The number of hydrogen-bond acceptors (Lipinski definition) is 5. The van der Waals surface area contributed by atoms with Gasteiger partial charge in [0, 0.05) is 38.9 Å². The number of nitrogens with zero attached hydrogens (tertiary/aromatic N) is 3. The van der Waals surface area contributed by atoms with Gasteiger partial charge in [0.1, 0.15) is 5.75 Å². The summed E-state index contributed by atoms with van der Waals surface area (Å²) < 4.78 is 5.74. The maximum absolute atomic E-state index is 11.1. The van der Waals surface area contributed by atoms with Gasteiger partial charge in [-0.3, -0.25) is 4.90 Å². The molecule has 2 aromatic carbocycles. The molecule has 5 heteroatoms. The number of likely N-dealkylation sites (tertiary alicyclic amines) is 1. The molecule has 0 saturated carbocycles. The summed E-state index contributed by atoms with van der Waals surface area (Å²) in [5.74, 6) is 0.916. The molecule has 0 atom stereocenters. The number of nitriles is 1. The highest BCUT2D eigenvalue weighted by molar-refractivity contribution is 5.48. The van der Waals surface area contributed by atoms with Crippen molar-refractivity contribution >= 4 is 5.69 Å². The van der Waals surface area contributed by atoms with E-state index < -0.39 is 5.60 Å². The number of benzene rings is 2. The molecular weight excluding hydrogens is 386 g/mol. The smallest absolute Gasteiger partial charge is 0.119 e. The average molecular weight is 422 g/mol. The lowest BCUT2D eigenvalue weighted by atomic mass is 9.88. The summed E-state index contributed by atoms with van der Waals surface area (Å²) in [6.07, 6.45) is 4.56. The molecule has 1 aliphatic rings. The summed E-state index contributed by atoms with van der Waals surface area (Å²) in [7, 11) is 2.08. The molecule has 0 amide bonds. The van der Waals surface area contributed by atoms with Gasteiger partial charge in [-0.1, -0.05) is 25.5 Å². The standard InChI is InChI=1S/C26H35N3O2/c1-3-4-19-31-25-11-9-24(10-12-25)28(2)16-13-26(30)14-17-29(18-15-26)21-23-7-5-22(20-27)6-8-23/h5-12,30H,3-4,13-19,21H2,1-2H3. The van der Waals surface area contributed by atoms with Gasteiger partial charge in [0.2, 0.25) is 0 Å². The molecule has 0 aliphatic carbocycles. The Kier molecular flexibility index (Phi) is 8.34. The first-order chi connectivity index (χ1) is 15.0. The molecule has 1 fully saturated rings. The third kappa shape index (κ3) is 6.99. The minimum atomic E-state index is -0.599. The number of anilines is 1. The van der Waals surface area contributed by atoms with Crippen LogP contribution in [-0.4, -0.2) is 48.9 Å². The van der Waals surface area contributed by atoms with E-state index in [2.05, 4.69) is 42.0 Å². The molecule has 5 nitrogen and oxygen atoms in total. The fraction of sp³-hybridized carbons (Fsp3) is 0.500. The summed E-state index contributed by atoms with van der Waals surface area (Å²) in [6, 6.07) is 18.2. The number of ether oxygens (including phenoxy) is 1. The molecular formula is C26H35N3O2. The third-order valence-electron chi connectivity index (χ3n) is 6.23. The fourth-order valence-corrected chi connectivity index (χ4v) is 3.96. The highest BCUT2D eigenvalue weighted by Gasteiger charge is 2.32. The van der Waals surface area contributed by atoms with Crippen LogP contribution in [0.3, 0.4) is 0 Å². The zero-order valence-electron chi connectivity index (χ0n) is 18.9. The number of unbranched alkanes of at least 4 members (excludes halogenated alkanes) is 1. The van der Waals surface area contributed by atoms with E-state index in [1.54, 1.807) is 0 Å². The van der Waals surface area contributed by atoms with Crippen molar-refractivity contribution in [3.05, 3.63) is 59.7 Å². The van der Waals surface area contributed by atoms with E-state index in [-0.39, 0.29) is 0 Å². The van der Waals surface area contributed by atoms with Gasteiger partial charge in [-0.25, -0.2) is 0 Å². The van der Waals surface area contributed by atoms with Crippen LogP contribution in [0.2, 0.25) is 0 Å². The van der Waals surface area contributed by atoms with E-state index >= 15 is 0 Å². The number of hydrogen-bond donors (Lipinski definition) is 1. The zero-order chi connectivity index (χ0) is 22.1. The van der Waals surface area contributed by atoms with Crippen molar-refractivity contribution in [1.82, 2.24) is 4.90 Å². The second-order valence-corrected chi connectivity index (χ2v) is 8.68. The van der Waals surface area contributed by atoms with Crippen molar-refractivity contribution in [2.24, 2.45) is 0 Å². The minimum absolute atomic E-state index is 0.599. The second kappa shape index (κ2) is 11.2. The molecule has 0 bridgehead atoms. The van der Waals surface area contributed by atoms with Crippen molar-refractivity contribution in [2.45, 2.75) is 51.2 Å². The van der Waals surface area contributed by atoms with Crippen molar-refractivity contribution in [3.8, 4) is 11.8 Å². The largest absolute Gasteiger partial charge is 0.494 e. The maximum atomic E-state index is 11.1. The Bertz CT molecular complexity index is 834. The summed E-state index contributed by atoms with van der Waals surface area (Å²) in [4.78, 5) is 4.59. The van der Waals surface area contributed by atoms with Crippen LogP contribution in [-0.2, 0) is 6.54 Å². The monoisotopic (exact) mass is 421 g/mol. The molecule has 0 spiro atoms. The highest BCUT2D eigenvalue weighted by atomic mass is 16.5. The lowest BCUT2D eigenvalue weighted by molar-refractivity contribution is -0.0275. The third-order valence-corrected chi connectivity index (χ3v) is 6.23. The van der Waals surface area contributed by atoms with Gasteiger partial charge in [-0.15, -0.1) is 0 Å². The Balaban J connectivity index is 1.42. The van der Waals surface area contributed by atoms with Crippen LogP contribution in [0.5, 0.6) is 5.75 Å². The first kappa shape index (κ1) is 23.1. The van der Waals surface area contributed by atoms with Crippen LogP contribution >= 0.6 is 0 Å². The van der Waals surface area contributed by atoms with E-state index in [1.165, 1.54) is 5.56 Å². The molecule has 0 radical (unpaired) electrons. The van der Waals surface area contributed by atoms with Gasteiger partial charge >= 0.3 is 0 Å². The van der Waals surface area contributed by atoms with Crippen LogP contribution in [0.1, 0.15) is 50.2 Å². The number of aliphatic hydroxyl groups is 1. The first-order valence-electron chi connectivity index (χ1n) is 11.4. The van der Waals surface area contributed by atoms with E-state index in [1.807, 2.05) is 36.4 Å². The Morgan fingerprint density at radius 1 is 1.10 bits per heavy atom. The van der Waals surface area contributed by atoms with Gasteiger partial charge in [-0.2, -0.15) is 5.26 Å². The second-order valence-electron chi connectivity index (χ2n) is 8.68. The molecule has 1 aliphatic heterocycles. The quantitative estimate of drug-likeness (QED) is 0.569. The van der Waals surface area contributed by atoms with Crippen LogP contribution in [0, 0.1) is 11.3 Å². The fourth-order valence-electron chi connectivity index (χ4n) is 3.96. The van der Waals surface area contributed by atoms with Gasteiger partial charge < -0.3 is 14.7 Å². The number of piperidine rings is 1. The molecule has 1 heterocycles. The lowest BCUT2D eigenvalue weighted by Crippen LogP contribution is -2.45. The van der Waals surface area contributed by atoms with Gasteiger partial charge in [0.25, 0.3) is 0 Å². The van der Waals surface area contributed by atoms with Crippen molar-refractivity contribution in [2.75, 3.05) is 38.2 Å². The predicted octanol–water partition coefficient (Wildman–Crippen LogP) is 4.59. The topological polar surface area (TPSA) is 59.7 Å². The Morgan fingerprint density at radius 2 is 1.77 bits per heavy atom.